The standard InChI is InChI=1S/C12H19N3/c1-9-7-8-12(15-14-9)13-10(2)11-5-3-4-6-11/h7-8,10-11H,3-6H2,1-2H3,(H,13,15). The first-order valence-corrected chi connectivity index (χ1v) is 5.82. The molecule has 1 aromatic rings. The van der Waals surface area contributed by atoms with Crippen LogP contribution in [0.15, 0.2) is 12.1 Å². The molecule has 0 aliphatic heterocycles. The van der Waals surface area contributed by atoms with E-state index in [1.807, 2.05) is 19.1 Å². The molecule has 3 nitrogen and oxygen atoms in total. The Morgan fingerprint density at radius 2 is 2.00 bits per heavy atom. The Bertz CT molecular complexity index is 301. The Morgan fingerprint density at radius 1 is 1.27 bits per heavy atom. The van der Waals surface area contributed by atoms with Crippen LogP contribution in [-0.2, 0) is 0 Å². The van der Waals surface area contributed by atoms with Crippen molar-refractivity contribution in [3.63, 3.8) is 0 Å². The number of hydrogen-bond donors (Lipinski definition) is 1. The number of hydrogen-bond acceptors (Lipinski definition) is 3. The van der Waals surface area contributed by atoms with Crippen LogP contribution >= 0.6 is 0 Å². The maximum absolute atomic E-state index is 4.13. The van der Waals surface area contributed by atoms with E-state index in [4.69, 9.17) is 0 Å². The molecule has 0 saturated heterocycles. The van der Waals surface area contributed by atoms with E-state index in [9.17, 15) is 0 Å². The van der Waals surface area contributed by atoms with E-state index >= 15 is 0 Å². The molecule has 1 heterocycles. The summed E-state index contributed by atoms with van der Waals surface area (Å²) in [6.45, 7) is 4.20. The van der Waals surface area contributed by atoms with E-state index in [0.717, 1.165) is 17.4 Å². The quantitative estimate of drug-likeness (QED) is 0.824. The van der Waals surface area contributed by atoms with Crippen molar-refractivity contribution < 1.29 is 0 Å². The van der Waals surface area contributed by atoms with Gasteiger partial charge in [0.1, 0.15) is 5.82 Å². The summed E-state index contributed by atoms with van der Waals surface area (Å²) in [5.41, 5.74) is 0.967. The Balaban J connectivity index is 1.92. The second kappa shape index (κ2) is 4.60. The maximum Gasteiger partial charge on any atom is 0.148 e. The van der Waals surface area contributed by atoms with E-state index in [2.05, 4.69) is 22.4 Å². The highest BCUT2D eigenvalue weighted by Crippen LogP contribution is 2.28. The first-order valence-electron chi connectivity index (χ1n) is 5.82. The third-order valence-corrected chi connectivity index (χ3v) is 3.28. The highest BCUT2D eigenvalue weighted by molar-refractivity contribution is 5.34. The highest BCUT2D eigenvalue weighted by Gasteiger charge is 2.21. The van der Waals surface area contributed by atoms with E-state index < -0.39 is 0 Å². The van der Waals surface area contributed by atoms with Gasteiger partial charge in [0.25, 0.3) is 0 Å². The summed E-state index contributed by atoms with van der Waals surface area (Å²) in [5.74, 6) is 1.72. The van der Waals surface area contributed by atoms with Gasteiger partial charge in [-0.15, -0.1) is 5.10 Å². The van der Waals surface area contributed by atoms with Crippen LogP contribution < -0.4 is 5.32 Å². The van der Waals surface area contributed by atoms with Crippen LogP contribution in [0.25, 0.3) is 0 Å². The number of rotatable bonds is 3. The summed E-state index contributed by atoms with van der Waals surface area (Å²) < 4.78 is 0. The second-order valence-electron chi connectivity index (χ2n) is 4.54. The van der Waals surface area contributed by atoms with Gasteiger partial charge in [0.15, 0.2) is 0 Å². The number of nitrogens with zero attached hydrogens (tertiary/aromatic N) is 2. The smallest absolute Gasteiger partial charge is 0.148 e. The molecule has 1 aliphatic rings. The highest BCUT2D eigenvalue weighted by atomic mass is 15.2. The zero-order chi connectivity index (χ0) is 10.7. The van der Waals surface area contributed by atoms with Crippen molar-refractivity contribution in [1.29, 1.82) is 0 Å². The Morgan fingerprint density at radius 3 is 2.60 bits per heavy atom. The molecule has 0 aromatic carbocycles. The maximum atomic E-state index is 4.13. The monoisotopic (exact) mass is 205 g/mol. The largest absolute Gasteiger partial charge is 0.366 e. The van der Waals surface area contributed by atoms with Crippen molar-refractivity contribution in [2.24, 2.45) is 5.92 Å². The van der Waals surface area contributed by atoms with Gasteiger partial charge in [-0.3, -0.25) is 0 Å². The lowest BCUT2D eigenvalue weighted by molar-refractivity contribution is 0.480. The molecule has 1 fully saturated rings. The third kappa shape index (κ3) is 2.67. The summed E-state index contributed by atoms with van der Waals surface area (Å²) in [7, 11) is 0. The van der Waals surface area contributed by atoms with E-state index in [0.29, 0.717) is 6.04 Å². The lowest BCUT2D eigenvalue weighted by atomic mass is 10.00. The normalized spacial score (nSPS) is 19.1. The fraction of sp³-hybridized carbons (Fsp3) is 0.667. The molecule has 1 aliphatic carbocycles. The zero-order valence-electron chi connectivity index (χ0n) is 9.53. The minimum absolute atomic E-state index is 0.518. The summed E-state index contributed by atoms with van der Waals surface area (Å²) >= 11 is 0. The number of aryl methyl sites for hydroxylation is 1. The lowest BCUT2D eigenvalue weighted by Gasteiger charge is -2.20. The first-order chi connectivity index (χ1) is 7.25. The van der Waals surface area contributed by atoms with Gasteiger partial charge < -0.3 is 5.32 Å². The van der Waals surface area contributed by atoms with Crippen molar-refractivity contribution in [3.8, 4) is 0 Å². The molecule has 82 valence electrons. The Hall–Kier alpha value is -1.12. The summed E-state index contributed by atoms with van der Waals surface area (Å²) in [4.78, 5) is 0. The van der Waals surface area contributed by atoms with Crippen LogP contribution in [0.3, 0.4) is 0 Å². The lowest BCUT2D eigenvalue weighted by Crippen LogP contribution is -2.24. The molecule has 1 N–H and O–H groups in total. The SMILES string of the molecule is Cc1ccc(NC(C)C2CCCC2)nn1. The van der Waals surface area contributed by atoms with Crippen molar-refractivity contribution >= 4 is 5.82 Å². The van der Waals surface area contributed by atoms with E-state index in [-0.39, 0.29) is 0 Å². The van der Waals surface area contributed by atoms with Gasteiger partial charge in [-0.25, -0.2) is 0 Å². The third-order valence-electron chi connectivity index (χ3n) is 3.28. The molecular weight excluding hydrogens is 186 g/mol. The minimum Gasteiger partial charge on any atom is -0.366 e. The van der Waals surface area contributed by atoms with Gasteiger partial charge in [-0.1, -0.05) is 12.8 Å². The molecular formula is C12H19N3. The molecule has 0 bridgehead atoms. The first kappa shape index (κ1) is 10.4. The van der Waals surface area contributed by atoms with Gasteiger partial charge in [0.05, 0.1) is 5.69 Å². The van der Waals surface area contributed by atoms with Gasteiger partial charge >= 0.3 is 0 Å². The van der Waals surface area contributed by atoms with Crippen LogP contribution in [-0.4, -0.2) is 16.2 Å². The van der Waals surface area contributed by atoms with Crippen molar-refractivity contribution in [3.05, 3.63) is 17.8 Å². The van der Waals surface area contributed by atoms with Crippen LogP contribution in [0.5, 0.6) is 0 Å². The van der Waals surface area contributed by atoms with Gasteiger partial charge in [-0.05, 0) is 44.7 Å². The molecule has 1 unspecified atom stereocenters. The molecule has 0 amide bonds. The molecule has 0 spiro atoms. The van der Waals surface area contributed by atoms with Crippen LogP contribution in [0, 0.1) is 12.8 Å². The van der Waals surface area contributed by atoms with Gasteiger partial charge in [0, 0.05) is 6.04 Å². The van der Waals surface area contributed by atoms with Crippen molar-refractivity contribution in [2.75, 3.05) is 5.32 Å². The predicted octanol–water partition coefficient (Wildman–Crippen LogP) is 2.78. The molecule has 1 aromatic heterocycles. The second-order valence-corrected chi connectivity index (χ2v) is 4.54. The topological polar surface area (TPSA) is 37.8 Å². The Kier molecular flexibility index (Phi) is 3.19. The number of anilines is 1. The van der Waals surface area contributed by atoms with Crippen LogP contribution in [0.4, 0.5) is 5.82 Å². The van der Waals surface area contributed by atoms with Crippen molar-refractivity contribution in [2.45, 2.75) is 45.6 Å². The number of nitrogens with one attached hydrogen (secondary N) is 1. The minimum atomic E-state index is 0.518. The summed E-state index contributed by atoms with van der Waals surface area (Å²) in [5, 5.41) is 11.6. The molecule has 1 saturated carbocycles. The van der Waals surface area contributed by atoms with E-state index in [1.54, 1.807) is 0 Å². The fourth-order valence-electron chi connectivity index (χ4n) is 2.28. The molecule has 1 atom stereocenters. The molecule has 0 radical (unpaired) electrons. The zero-order valence-corrected chi connectivity index (χ0v) is 9.53. The molecule has 2 rings (SSSR count). The Labute approximate surface area is 91.3 Å². The molecule has 3 heteroatoms. The van der Waals surface area contributed by atoms with Crippen LogP contribution in [0.2, 0.25) is 0 Å². The summed E-state index contributed by atoms with van der Waals surface area (Å²) in [6, 6.07) is 4.52. The van der Waals surface area contributed by atoms with Crippen LogP contribution in [0.1, 0.15) is 38.3 Å². The van der Waals surface area contributed by atoms with Crippen molar-refractivity contribution in [1.82, 2.24) is 10.2 Å². The van der Waals surface area contributed by atoms with Gasteiger partial charge in [0.2, 0.25) is 0 Å². The number of aromatic nitrogens is 2. The van der Waals surface area contributed by atoms with Gasteiger partial charge in [-0.2, -0.15) is 5.10 Å². The molecule has 15 heavy (non-hydrogen) atoms. The summed E-state index contributed by atoms with van der Waals surface area (Å²) in [6.07, 6.45) is 5.48. The predicted molar refractivity (Wildman–Crippen MR) is 61.8 cm³/mol. The average molecular weight is 205 g/mol. The van der Waals surface area contributed by atoms with E-state index in [1.165, 1.54) is 25.7 Å². The fourth-order valence-corrected chi connectivity index (χ4v) is 2.28. The average Bonchev–Trinajstić information content (AvgIpc) is 2.74.